The van der Waals surface area contributed by atoms with Crippen molar-refractivity contribution in [1.29, 1.82) is 0 Å². The zero-order valence-corrected chi connectivity index (χ0v) is 10.6. The maximum atomic E-state index is 11.9. The first-order valence-electron chi connectivity index (χ1n) is 6.21. The molecule has 1 aromatic rings. The van der Waals surface area contributed by atoms with Gasteiger partial charge in [-0.1, -0.05) is 18.2 Å². The largest absolute Gasteiger partial charge is 0.394 e. The van der Waals surface area contributed by atoms with Crippen molar-refractivity contribution in [2.45, 2.75) is 30.6 Å². The zero-order chi connectivity index (χ0) is 14.7. The lowest BCUT2D eigenvalue weighted by Gasteiger charge is -2.40. The molecule has 0 spiro atoms. The van der Waals surface area contributed by atoms with Crippen LogP contribution < -0.4 is 5.32 Å². The normalized spacial score (nSPS) is 33.7. The van der Waals surface area contributed by atoms with E-state index in [-0.39, 0.29) is 0 Å². The Morgan fingerprint density at radius 3 is 2.40 bits per heavy atom. The van der Waals surface area contributed by atoms with Gasteiger partial charge in [0.15, 0.2) is 6.29 Å². The summed E-state index contributed by atoms with van der Waals surface area (Å²) in [6.07, 6.45) is -5.45. The smallest absolute Gasteiger partial charge is 0.251 e. The third-order valence-electron chi connectivity index (χ3n) is 3.23. The van der Waals surface area contributed by atoms with Gasteiger partial charge in [0, 0.05) is 5.56 Å². The fourth-order valence-corrected chi connectivity index (χ4v) is 2.08. The average molecular weight is 283 g/mol. The van der Waals surface area contributed by atoms with Crippen molar-refractivity contribution in [2.75, 3.05) is 6.61 Å². The van der Waals surface area contributed by atoms with Crippen LogP contribution in [0.15, 0.2) is 30.3 Å². The Balaban J connectivity index is 2.07. The third-order valence-corrected chi connectivity index (χ3v) is 3.23. The van der Waals surface area contributed by atoms with E-state index in [0.29, 0.717) is 5.56 Å². The van der Waals surface area contributed by atoms with Crippen molar-refractivity contribution in [3.8, 4) is 0 Å². The van der Waals surface area contributed by atoms with E-state index in [1.165, 1.54) is 0 Å². The Kier molecular flexibility index (Phi) is 4.69. The van der Waals surface area contributed by atoms with Gasteiger partial charge in [-0.25, -0.2) is 0 Å². The second kappa shape index (κ2) is 6.29. The molecule has 7 nitrogen and oxygen atoms in total. The van der Waals surface area contributed by atoms with E-state index in [4.69, 9.17) is 9.84 Å². The van der Waals surface area contributed by atoms with Crippen LogP contribution >= 0.6 is 0 Å². The second-order valence-corrected chi connectivity index (χ2v) is 4.59. The molecule has 0 bridgehead atoms. The predicted molar refractivity (Wildman–Crippen MR) is 67.7 cm³/mol. The minimum atomic E-state index is -1.52. The molecule has 0 aliphatic carbocycles. The van der Waals surface area contributed by atoms with Gasteiger partial charge >= 0.3 is 0 Å². The van der Waals surface area contributed by atoms with Crippen molar-refractivity contribution in [1.82, 2.24) is 5.32 Å². The predicted octanol–water partition coefficient (Wildman–Crippen LogP) is -1.78. The molecular weight excluding hydrogens is 266 g/mol. The van der Waals surface area contributed by atoms with Gasteiger partial charge in [0.1, 0.15) is 24.4 Å². The maximum absolute atomic E-state index is 11.9. The molecule has 2 unspecified atom stereocenters. The van der Waals surface area contributed by atoms with Crippen LogP contribution in [0.4, 0.5) is 0 Å². The summed E-state index contributed by atoms with van der Waals surface area (Å²) in [6.45, 7) is -0.547. The highest BCUT2D eigenvalue weighted by molar-refractivity contribution is 5.94. The standard InChI is InChI=1S/C13H17NO6/c15-6-8-10(16)11(17)9(13(19)20-8)14-12(18)7-4-2-1-3-5-7/h1-5,8-11,13,15-17,19H,6H2,(H,14,18)/t8?,9?,10-,11+,13+/m1/s1. The quantitative estimate of drug-likeness (QED) is 0.447. The molecule has 5 atom stereocenters. The highest BCUT2D eigenvalue weighted by atomic mass is 16.6. The Morgan fingerprint density at radius 1 is 1.15 bits per heavy atom. The van der Waals surface area contributed by atoms with Gasteiger partial charge in [0.25, 0.3) is 5.91 Å². The van der Waals surface area contributed by atoms with Gasteiger partial charge in [-0.3, -0.25) is 4.79 Å². The molecule has 5 N–H and O–H groups in total. The summed E-state index contributed by atoms with van der Waals surface area (Å²) >= 11 is 0. The zero-order valence-electron chi connectivity index (χ0n) is 10.6. The molecule has 1 saturated heterocycles. The van der Waals surface area contributed by atoms with Crippen molar-refractivity contribution in [2.24, 2.45) is 0 Å². The van der Waals surface area contributed by atoms with Gasteiger partial charge in [0.05, 0.1) is 6.61 Å². The van der Waals surface area contributed by atoms with E-state index in [1.807, 2.05) is 0 Å². The average Bonchev–Trinajstić information content (AvgIpc) is 2.48. The lowest BCUT2D eigenvalue weighted by Crippen LogP contribution is -2.64. The van der Waals surface area contributed by atoms with Crippen LogP contribution in [0, 0.1) is 0 Å². The molecule has 110 valence electrons. The Morgan fingerprint density at radius 2 is 1.80 bits per heavy atom. The van der Waals surface area contributed by atoms with Gasteiger partial charge in [-0.2, -0.15) is 0 Å². The number of amides is 1. The number of aliphatic hydroxyl groups is 4. The number of hydrogen-bond donors (Lipinski definition) is 5. The number of hydrogen-bond acceptors (Lipinski definition) is 6. The first-order valence-corrected chi connectivity index (χ1v) is 6.21. The summed E-state index contributed by atoms with van der Waals surface area (Å²) in [5.41, 5.74) is 0.352. The number of nitrogens with one attached hydrogen (secondary N) is 1. The Bertz CT molecular complexity index is 453. The monoisotopic (exact) mass is 283 g/mol. The maximum Gasteiger partial charge on any atom is 0.251 e. The minimum absolute atomic E-state index is 0.352. The van der Waals surface area contributed by atoms with Crippen molar-refractivity contribution in [3.05, 3.63) is 35.9 Å². The van der Waals surface area contributed by atoms with E-state index in [1.54, 1.807) is 30.3 Å². The molecule has 1 fully saturated rings. The fourth-order valence-electron chi connectivity index (χ4n) is 2.08. The van der Waals surface area contributed by atoms with Crippen molar-refractivity contribution in [3.63, 3.8) is 0 Å². The van der Waals surface area contributed by atoms with Gasteiger partial charge in [-0.15, -0.1) is 0 Å². The third kappa shape index (κ3) is 2.97. The summed E-state index contributed by atoms with van der Waals surface area (Å²) < 4.78 is 4.95. The van der Waals surface area contributed by atoms with Crippen LogP contribution in [0.2, 0.25) is 0 Å². The second-order valence-electron chi connectivity index (χ2n) is 4.59. The molecular formula is C13H17NO6. The van der Waals surface area contributed by atoms with Gasteiger partial charge < -0.3 is 30.5 Å². The highest BCUT2D eigenvalue weighted by Crippen LogP contribution is 2.20. The molecule has 7 heteroatoms. The molecule has 0 saturated carbocycles. The molecule has 1 aliphatic heterocycles. The Hall–Kier alpha value is -1.51. The topological polar surface area (TPSA) is 119 Å². The molecule has 2 rings (SSSR count). The molecule has 0 aromatic heterocycles. The highest BCUT2D eigenvalue weighted by Gasteiger charge is 2.44. The van der Waals surface area contributed by atoms with E-state index in [0.717, 1.165) is 0 Å². The first kappa shape index (κ1) is 14.9. The van der Waals surface area contributed by atoms with E-state index >= 15 is 0 Å². The molecule has 1 heterocycles. The van der Waals surface area contributed by atoms with Crippen LogP contribution in [-0.2, 0) is 4.74 Å². The fraction of sp³-hybridized carbons (Fsp3) is 0.462. The van der Waals surface area contributed by atoms with E-state index in [2.05, 4.69) is 5.32 Å². The lowest BCUT2D eigenvalue weighted by molar-refractivity contribution is -0.252. The van der Waals surface area contributed by atoms with Crippen molar-refractivity contribution >= 4 is 5.91 Å². The summed E-state index contributed by atoms with van der Waals surface area (Å²) in [5.74, 6) is -0.507. The minimum Gasteiger partial charge on any atom is -0.394 e. The number of aliphatic hydroxyl groups excluding tert-OH is 4. The number of carbonyl (C=O) groups excluding carboxylic acids is 1. The van der Waals surface area contributed by atoms with Crippen LogP contribution in [0.3, 0.4) is 0 Å². The lowest BCUT2D eigenvalue weighted by atomic mass is 9.97. The molecule has 20 heavy (non-hydrogen) atoms. The van der Waals surface area contributed by atoms with Crippen LogP contribution in [0.25, 0.3) is 0 Å². The van der Waals surface area contributed by atoms with Gasteiger partial charge in [-0.05, 0) is 12.1 Å². The molecule has 1 amide bonds. The summed E-state index contributed by atoms with van der Waals surface area (Å²) in [7, 11) is 0. The summed E-state index contributed by atoms with van der Waals surface area (Å²) in [5, 5.41) is 40.7. The van der Waals surface area contributed by atoms with Crippen molar-refractivity contribution < 1.29 is 30.0 Å². The molecule has 0 radical (unpaired) electrons. The van der Waals surface area contributed by atoms with Crippen LogP contribution in [-0.4, -0.2) is 63.6 Å². The van der Waals surface area contributed by atoms with Gasteiger partial charge in [0.2, 0.25) is 0 Å². The molecule has 1 aromatic carbocycles. The van der Waals surface area contributed by atoms with E-state index < -0.39 is 43.2 Å². The van der Waals surface area contributed by atoms with Crippen LogP contribution in [0.5, 0.6) is 0 Å². The SMILES string of the molecule is O=C(NC1[C@@H](O)OC(CO)[C@@H](O)[C@H]1O)c1ccccc1. The number of rotatable bonds is 3. The first-order chi connectivity index (χ1) is 9.54. The van der Waals surface area contributed by atoms with Crippen LogP contribution in [0.1, 0.15) is 10.4 Å². The number of benzene rings is 1. The molecule has 1 aliphatic rings. The number of ether oxygens (including phenoxy) is 1. The Labute approximate surface area is 115 Å². The van der Waals surface area contributed by atoms with E-state index in [9.17, 15) is 20.1 Å². The number of carbonyl (C=O) groups is 1. The summed E-state index contributed by atoms with van der Waals surface area (Å²) in [6, 6.07) is 7.07. The summed E-state index contributed by atoms with van der Waals surface area (Å²) in [4.78, 5) is 11.9.